The van der Waals surface area contributed by atoms with Crippen LogP contribution in [0.2, 0.25) is 0 Å². The molecular weight excluding hydrogens is 262 g/mol. The Hall–Kier alpha value is -2.15. The first-order chi connectivity index (χ1) is 9.47. The van der Waals surface area contributed by atoms with Crippen LogP contribution in [0.3, 0.4) is 0 Å². The molecule has 1 spiro atoms. The molecule has 3 rings (SSSR count). The first-order valence-corrected chi connectivity index (χ1v) is 6.41. The van der Waals surface area contributed by atoms with Gasteiger partial charge in [-0.1, -0.05) is 0 Å². The molecular formula is C13H15N3O4. The predicted molar refractivity (Wildman–Crippen MR) is 71.8 cm³/mol. The van der Waals surface area contributed by atoms with Gasteiger partial charge in [0.05, 0.1) is 11.5 Å². The summed E-state index contributed by atoms with van der Waals surface area (Å²) in [6, 6.07) is 6.55. The van der Waals surface area contributed by atoms with Gasteiger partial charge in [0.1, 0.15) is 0 Å². The van der Waals surface area contributed by atoms with Crippen LogP contribution in [0.5, 0.6) is 0 Å². The smallest absolute Gasteiger partial charge is 0.317 e. The number of carboxylic acid groups (broad SMARTS) is 1. The molecule has 2 aliphatic heterocycles. The average Bonchev–Trinajstić information content (AvgIpc) is 2.30. The van der Waals surface area contributed by atoms with Gasteiger partial charge < -0.3 is 10.0 Å². The second-order valence-electron chi connectivity index (χ2n) is 5.67. The lowest BCUT2D eigenvalue weighted by Gasteiger charge is -2.60. The van der Waals surface area contributed by atoms with Crippen LogP contribution < -0.4 is 4.90 Å². The molecule has 2 heterocycles. The maximum Gasteiger partial charge on any atom is 0.317 e. The van der Waals surface area contributed by atoms with Crippen molar-refractivity contribution in [1.82, 2.24) is 4.90 Å². The Morgan fingerprint density at radius 3 is 2.35 bits per heavy atom. The Morgan fingerprint density at radius 1 is 1.25 bits per heavy atom. The Morgan fingerprint density at radius 2 is 1.85 bits per heavy atom. The number of benzene rings is 1. The number of rotatable bonds is 4. The lowest BCUT2D eigenvalue weighted by atomic mass is 9.72. The fraction of sp³-hybridized carbons (Fsp3) is 0.462. The van der Waals surface area contributed by atoms with E-state index in [1.807, 2.05) is 4.90 Å². The highest BCUT2D eigenvalue weighted by atomic mass is 16.6. The van der Waals surface area contributed by atoms with Gasteiger partial charge in [0.15, 0.2) is 0 Å². The molecule has 1 aromatic rings. The summed E-state index contributed by atoms with van der Waals surface area (Å²) >= 11 is 0. The van der Waals surface area contributed by atoms with Crippen molar-refractivity contribution in [2.75, 3.05) is 37.6 Å². The molecule has 1 N–H and O–H groups in total. The summed E-state index contributed by atoms with van der Waals surface area (Å²) in [5, 5.41) is 19.3. The standard InChI is InChI=1S/C13H15N3O4/c17-12(18)5-14-6-13(7-14)8-15(9-13)10-1-3-11(4-2-10)16(19)20/h1-4H,5-9H2,(H,17,18). The molecule has 0 saturated carbocycles. The van der Waals surface area contributed by atoms with Crippen molar-refractivity contribution in [1.29, 1.82) is 0 Å². The lowest BCUT2D eigenvalue weighted by molar-refractivity contribution is -0.384. The highest BCUT2D eigenvalue weighted by Crippen LogP contribution is 2.41. The molecule has 2 aliphatic rings. The molecule has 20 heavy (non-hydrogen) atoms. The first kappa shape index (κ1) is 12.9. The predicted octanol–water partition coefficient (Wildman–Crippen LogP) is 0.801. The minimum absolute atomic E-state index is 0.0975. The lowest BCUT2D eigenvalue weighted by Crippen LogP contribution is -2.72. The second kappa shape index (κ2) is 4.45. The third-order valence-electron chi connectivity index (χ3n) is 3.96. The highest BCUT2D eigenvalue weighted by molar-refractivity contribution is 5.69. The van der Waals surface area contributed by atoms with Gasteiger partial charge in [0, 0.05) is 49.4 Å². The van der Waals surface area contributed by atoms with Crippen molar-refractivity contribution in [3.05, 3.63) is 34.4 Å². The summed E-state index contributed by atoms with van der Waals surface area (Å²) in [6.07, 6.45) is 0. The van der Waals surface area contributed by atoms with E-state index in [0.29, 0.717) is 0 Å². The Bertz CT molecular complexity index is 543. The van der Waals surface area contributed by atoms with E-state index >= 15 is 0 Å². The van der Waals surface area contributed by atoms with Crippen LogP contribution in [-0.2, 0) is 4.79 Å². The van der Waals surface area contributed by atoms with Gasteiger partial charge in [-0.2, -0.15) is 0 Å². The monoisotopic (exact) mass is 277 g/mol. The van der Waals surface area contributed by atoms with Crippen LogP contribution in [-0.4, -0.2) is 53.6 Å². The van der Waals surface area contributed by atoms with Crippen molar-refractivity contribution in [2.24, 2.45) is 5.41 Å². The molecule has 7 nitrogen and oxygen atoms in total. The summed E-state index contributed by atoms with van der Waals surface area (Å²) in [7, 11) is 0. The molecule has 106 valence electrons. The number of carbonyl (C=O) groups is 1. The van der Waals surface area contributed by atoms with Gasteiger partial charge in [-0.05, 0) is 12.1 Å². The highest BCUT2D eigenvalue weighted by Gasteiger charge is 2.51. The van der Waals surface area contributed by atoms with E-state index in [-0.39, 0.29) is 17.6 Å². The molecule has 0 aromatic heterocycles. The third kappa shape index (κ3) is 2.20. The number of aliphatic carboxylic acids is 1. The van der Waals surface area contributed by atoms with Gasteiger partial charge in [-0.15, -0.1) is 0 Å². The molecule has 0 radical (unpaired) electrons. The fourth-order valence-corrected chi connectivity index (χ4v) is 3.14. The van der Waals surface area contributed by atoms with E-state index in [4.69, 9.17) is 5.11 Å². The summed E-state index contributed by atoms with van der Waals surface area (Å²) in [5.41, 5.74) is 1.30. The zero-order chi connectivity index (χ0) is 14.3. The summed E-state index contributed by atoms with van der Waals surface area (Å²) in [6.45, 7) is 3.53. The largest absolute Gasteiger partial charge is 0.480 e. The number of anilines is 1. The minimum Gasteiger partial charge on any atom is -0.480 e. The zero-order valence-corrected chi connectivity index (χ0v) is 10.9. The molecule has 1 aromatic carbocycles. The van der Waals surface area contributed by atoms with Gasteiger partial charge in [0.2, 0.25) is 0 Å². The number of likely N-dealkylation sites (tertiary alicyclic amines) is 1. The van der Waals surface area contributed by atoms with E-state index < -0.39 is 10.9 Å². The fourth-order valence-electron chi connectivity index (χ4n) is 3.14. The van der Waals surface area contributed by atoms with Crippen molar-refractivity contribution in [2.45, 2.75) is 0 Å². The van der Waals surface area contributed by atoms with E-state index in [0.717, 1.165) is 31.9 Å². The van der Waals surface area contributed by atoms with Crippen LogP contribution in [0.4, 0.5) is 11.4 Å². The number of nitro benzene ring substituents is 1. The second-order valence-corrected chi connectivity index (χ2v) is 5.67. The molecule has 0 atom stereocenters. The maximum atomic E-state index is 10.6. The summed E-state index contributed by atoms with van der Waals surface area (Å²) < 4.78 is 0. The van der Waals surface area contributed by atoms with E-state index in [1.165, 1.54) is 12.1 Å². The van der Waals surface area contributed by atoms with Gasteiger partial charge in [-0.3, -0.25) is 19.8 Å². The van der Waals surface area contributed by atoms with Crippen LogP contribution >= 0.6 is 0 Å². The number of nitro groups is 1. The number of hydrogen-bond acceptors (Lipinski definition) is 5. The normalized spacial score (nSPS) is 20.3. The van der Waals surface area contributed by atoms with Crippen molar-refractivity contribution in [3.63, 3.8) is 0 Å². The third-order valence-corrected chi connectivity index (χ3v) is 3.96. The van der Waals surface area contributed by atoms with Crippen molar-refractivity contribution in [3.8, 4) is 0 Å². The average molecular weight is 277 g/mol. The quantitative estimate of drug-likeness (QED) is 0.647. The van der Waals surface area contributed by atoms with Gasteiger partial charge >= 0.3 is 5.97 Å². The summed E-state index contributed by atoms with van der Waals surface area (Å²) in [4.78, 5) is 24.9. The number of carboxylic acids is 1. The minimum atomic E-state index is -0.786. The molecule has 2 fully saturated rings. The summed E-state index contributed by atoms with van der Waals surface area (Å²) in [5.74, 6) is -0.786. The van der Waals surface area contributed by atoms with Crippen LogP contribution in [0.15, 0.2) is 24.3 Å². The Balaban J connectivity index is 1.54. The van der Waals surface area contributed by atoms with E-state index in [9.17, 15) is 14.9 Å². The number of hydrogen-bond donors (Lipinski definition) is 1. The molecule has 7 heteroatoms. The maximum absolute atomic E-state index is 10.6. The topological polar surface area (TPSA) is 86.9 Å². The number of nitrogens with zero attached hydrogens (tertiary/aromatic N) is 3. The van der Waals surface area contributed by atoms with E-state index in [2.05, 4.69) is 4.90 Å². The molecule has 0 aliphatic carbocycles. The number of non-ortho nitro benzene ring substituents is 1. The van der Waals surface area contributed by atoms with Crippen molar-refractivity contribution < 1.29 is 14.8 Å². The van der Waals surface area contributed by atoms with Gasteiger partial charge in [-0.25, -0.2) is 0 Å². The molecule has 2 saturated heterocycles. The van der Waals surface area contributed by atoms with E-state index in [1.54, 1.807) is 12.1 Å². The Kier molecular flexibility index (Phi) is 2.86. The van der Waals surface area contributed by atoms with Crippen LogP contribution in [0.25, 0.3) is 0 Å². The SMILES string of the molecule is O=C(O)CN1CC2(C1)CN(c1ccc([N+](=O)[O-])cc1)C2. The van der Waals surface area contributed by atoms with Crippen molar-refractivity contribution >= 4 is 17.3 Å². The van der Waals surface area contributed by atoms with Crippen LogP contribution in [0.1, 0.15) is 0 Å². The Labute approximate surface area is 115 Å². The molecule has 0 bridgehead atoms. The van der Waals surface area contributed by atoms with Crippen LogP contribution in [0, 0.1) is 15.5 Å². The zero-order valence-electron chi connectivity index (χ0n) is 10.9. The molecule has 0 unspecified atom stereocenters. The van der Waals surface area contributed by atoms with Gasteiger partial charge in [0.25, 0.3) is 5.69 Å². The first-order valence-electron chi connectivity index (χ1n) is 6.41. The molecule has 0 amide bonds.